The Labute approximate surface area is 145 Å². The lowest BCUT2D eigenvalue weighted by atomic mass is 10.2. The lowest BCUT2D eigenvalue weighted by Crippen LogP contribution is -2.34. The van der Waals surface area contributed by atoms with Crippen molar-refractivity contribution in [3.63, 3.8) is 0 Å². The van der Waals surface area contributed by atoms with E-state index >= 15 is 0 Å². The Morgan fingerprint density at radius 1 is 1.54 bits per heavy atom. The second kappa shape index (κ2) is 7.25. The Hall–Kier alpha value is -2.70. The highest BCUT2D eigenvalue weighted by atomic mass is 35.5. The molecule has 0 aliphatic rings. The third-order valence-corrected chi connectivity index (χ3v) is 4.37. The molecule has 0 N–H and O–H groups in total. The summed E-state index contributed by atoms with van der Waals surface area (Å²) in [4.78, 5) is 36.6. The van der Waals surface area contributed by atoms with Crippen molar-refractivity contribution in [2.24, 2.45) is 0 Å². The summed E-state index contributed by atoms with van der Waals surface area (Å²) in [6.45, 7) is -0.101. The first-order chi connectivity index (χ1) is 11.3. The Bertz CT molecular complexity index is 899. The Morgan fingerprint density at radius 2 is 2.25 bits per heavy atom. The smallest absolute Gasteiger partial charge is 0.287 e. The lowest BCUT2D eigenvalue weighted by Gasteiger charge is -2.17. The number of hydrogen-bond acceptors (Lipinski definition) is 6. The van der Waals surface area contributed by atoms with Gasteiger partial charge in [-0.1, -0.05) is 11.6 Å². The summed E-state index contributed by atoms with van der Waals surface area (Å²) in [5.74, 6) is -0.425. The number of halogens is 1. The zero-order valence-electron chi connectivity index (χ0n) is 12.4. The molecule has 0 fully saturated rings. The molecule has 10 heteroatoms. The minimum atomic E-state index is -0.746. The monoisotopic (exact) mass is 366 g/mol. The third-order valence-electron chi connectivity index (χ3n) is 3.16. The van der Waals surface area contributed by atoms with E-state index in [-0.39, 0.29) is 5.56 Å². The number of nitro groups is 1. The van der Waals surface area contributed by atoms with Crippen molar-refractivity contribution in [2.45, 2.75) is 13.1 Å². The van der Waals surface area contributed by atoms with Gasteiger partial charge in [0.15, 0.2) is 0 Å². The summed E-state index contributed by atoms with van der Waals surface area (Å²) < 4.78 is 1.47. The van der Waals surface area contributed by atoms with E-state index in [4.69, 9.17) is 16.9 Å². The van der Waals surface area contributed by atoms with Crippen LogP contribution in [0, 0.1) is 21.4 Å². The van der Waals surface area contributed by atoms with E-state index in [1.54, 1.807) is 25.2 Å². The quantitative estimate of drug-likeness (QED) is 0.593. The summed E-state index contributed by atoms with van der Waals surface area (Å²) in [7, 11) is 1.55. The largest absolute Gasteiger partial charge is 0.339 e. The van der Waals surface area contributed by atoms with Crippen LogP contribution >= 0.6 is 22.9 Å². The standard InChI is InChI=1S/C14H11ClN4O4S/c1-17(7-11-2-3-12(15)24-11)13(20)8-18-6-10(19(22)23)4-9(5-16)14(18)21/h2-4,6H,7-8H2,1H3. The number of hydrogen-bond donors (Lipinski definition) is 0. The normalized spacial score (nSPS) is 10.2. The van der Waals surface area contributed by atoms with Crippen molar-refractivity contribution in [1.82, 2.24) is 9.47 Å². The second-order valence-electron chi connectivity index (χ2n) is 4.87. The zero-order chi connectivity index (χ0) is 17.9. The first kappa shape index (κ1) is 17.7. The Balaban J connectivity index is 2.22. The van der Waals surface area contributed by atoms with Crippen LogP contribution in [-0.4, -0.2) is 27.3 Å². The van der Waals surface area contributed by atoms with Crippen LogP contribution in [0.3, 0.4) is 0 Å². The molecule has 0 radical (unpaired) electrons. The van der Waals surface area contributed by atoms with Gasteiger partial charge in [0.1, 0.15) is 18.2 Å². The van der Waals surface area contributed by atoms with Crippen LogP contribution in [0.4, 0.5) is 5.69 Å². The fourth-order valence-electron chi connectivity index (χ4n) is 1.94. The average Bonchev–Trinajstić information content (AvgIpc) is 2.93. The molecule has 0 aliphatic heterocycles. The van der Waals surface area contributed by atoms with Crippen molar-refractivity contribution in [1.29, 1.82) is 5.26 Å². The van der Waals surface area contributed by atoms with Gasteiger partial charge in [0.25, 0.3) is 11.2 Å². The number of carbonyl (C=O) groups excluding carboxylic acids is 1. The fourth-order valence-corrected chi connectivity index (χ4v) is 3.08. The number of likely N-dealkylation sites (N-methyl/N-ethyl adjacent to an activating group) is 1. The maximum Gasteiger partial charge on any atom is 0.287 e. The van der Waals surface area contributed by atoms with Gasteiger partial charge in [-0.15, -0.1) is 11.3 Å². The van der Waals surface area contributed by atoms with Crippen molar-refractivity contribution < 1.29 is 9.72 Å². The number of nitriles is 1. The van der Waals surface area contributed by atoms with Crippen molar-refractivity contribution in [3.05, 3.63) is 59.6 Å². The molecule has 2 aromatic rings. The van der Waals surface area contributed by atoms with Crippen LogP contribution in [0.25, 0.3) is 0 Å². The SMILES string of the molecule is CN(Cc1ccc(Cl)s1)C(=O)Cn1cc([N+](=O)[O-])cc(C#N)c1=O. The van der Waals surface area contributed by atoms with E-state index < -0.39 is 28.6 Å². The van der Waals surface area contributed by atoms with Gasteiger partial charge in [0.05, 0.1) is 22.0 Å². The van der Waals surface area contributed by atoms with Crippen LogP contribution in [0.5, 0.6) is 0 Å². The van der Waals surface area contributed by atoms with Crippen LogP contribution in [0.2, 0.25) is 4.34 Å². The molecule has 1 amide bonds. The highest BCUT2D eigenvalue weighted by Gasteiger charge is 2.17. The number of amides is 1. The molecule has 0 aliphatic carbocycles. The molecule has 124 valence electrons. The first-order valence-corrected chi connectivity index (χ1v) is 7.78. The minimum absolute atomic E-state index is 0.297. The number of thiophene rings is 1. The summed E-state index contributed by atoms with van der Waals surface area (Å²) in [5, 5.41) is 19.8. The van der Waals surface area contributed by atoms with Crippen molar-refractivity contribution in [2.75, 3.05) is 7.05 Å². The van der Waals surface area contributed by atoms with Gasteiger partial charge in [0, 0.05) is 18.0 Å². The van der Waals surface area contributed by atoms with Gasteiger partial charge in [-0.2, -0.15) is 5.26 Å². The summed E-state index contributed by atoms with van der Waals surface area (Å²) in [5.41, 5.74) is -1.56. The van der Waals surface area contributed by atoms with Gasteiger partial charge in [-0.3, -0.25) is 24.3 Å². The van der Waals surface area contributed by atoms with E-state index in [0.717, 1.165) is 21.7 Å². The molecule has 2 aromatic heterocycles. The lowest BCUT2D eigenvalue weighted by molar-refractivity contribution is -0.385. The van der Waals surface area contributed by atoms with E-state index in [1.165, 1.54) is 16.2 Å². The van der Waals surface area contributed by atoms with Crippen LogP contribution in [0.15, 0.2) is 29.2 Å². The molecule has 0 atom stereocenters. The summed E-state index contributed by atoms with van der Waals surface area (Å²) >= 11 is 7.16. The van der Waals surface area contributed by atoms with Gasteiger partial charge >= 0.3 is 0 Å². The van der Waals surface area contributed by atoms with Crippen molar-refractivity contribution >= 4 is 34.5 Å². The van der Waals surface area contributed by atoms with Gasteiger partial charge in [0.2, 0.25) is 5.91 Å². The molecule has 0 saturated heterocycles. The predicted octanol–water partition coefficient (Wildman–Crippen LogP) is 2.00. The van der Waals surface area contributed by atoms with Crippen LogP contribution in [0.1, 0.15) is 10.4 Å². The molecule has 0 unspecified atom stereocenters. The highest BCUT2D eigenvalue weighted by Crippen LogP contribution is 2.22. The van der Waals surface area contributed by atoms with E-state index in [2.05, 4.69) is 0 Å². The van der Waals surface area contributed by atoms with Crippen LogP contribution < -0.4 is 5.56 Å². The van der Waals surface area contributed by atoms with E-state index in [9.17, 15) is 19.7 Å². The van der Waals surface area contributed by atoms with Gasteiger partial charge in [-0.25, -0.2) is 0 Å². The molecular formula is C14H11ClN4O4S. The summed E-state index contributed by atoms with van der Waals surface area (Å²) in [6, 6.07) is 5.98. The number of pyridine rings is 1. The molecule has 24 heavy (non-hydrogen) atoms. The molecule has 0 bridgehead atoms. The molecule has 2 rings (SSSR count). The minimum Gasteiger partial charge on any atom is -0.339 e. The predicted molar refractivity (Wildman–Crippen MR) is 87.9 cm³/mol. The average molecular weight is 367 g/mol. The zero-order valence-corrected chi connectivity index (χ0v) is 14.0. The van der Waals surface area contributed by atoms with E-state index in [0.29, 0.717) is 10.9 Å². The maximum atomic E-state index is 12.2. The Kier molecular flexibility index (Phi) is 5.33. The number of aromatic nitrogens is 1. The van der Waals surface area contributed by atoms with Crippen LogP contribution in [-0.2, 0) is 17.9 Å². The van der Waals surface area contributed by atoms with Gasteiger partial charge in [-0.05, 0) is 12.1 Å². The first-order valence-electron chi connectivity index (χ1n) is 6.59. The number of rotatable bonds is 5. The maximum absolute atomic E-state index is 12.2. The molecule has 0 spiro atoms. The number of carbonyl (C=O) groups is 1. The topological polar surface area (TPSA) is 109 Å². The second-order valence-corrected chi connectivity index (χ2v) is 6.67. The molecule has 8 nitrogen and oxygen atoms in total. The number of nitrogens with zero attached hydrogens (tertiary/aromatic N) is 4. The fraction of sp³-hybridized carbons (Fsp3) is 0.214. The molecule has 0 saturated carbocycles. The Morgan fingerprint density at radius 3 is 2.79 bits per heavy atom. The molecular weight excluding hydrogens is 356 g/mol. The van der Waals surface area contributed by atoms with Gasteiger partial charge < -0.3 is 4.90 Å². The van der Waals surface area contributed by atoms with Crippen molar-refractivity contribution in [3.8, 4) is 6.07 Å². The molecule has 2 heterocycles. The highest BCUT2D eigenvalue weighted by molar-refractivity contribution is 7.16. The third kappa shape index (κ3) is 3.98. The molecule has 0 aromatic carbocycles. The van der Waals surface area contributed by atoms with E-state index in [1.807, 2.05) is 0 Å². The summed E-state index contributed by atoms with van der Waals surface area (Å²) in [6.07, 6.45) is 0.955.